The molecule has 0 aromatic heterocycles. The Morgan fingerprint density at radius 3 is 2.29 bits per heavy atom. The van der Waals surface area contributed by atoms with E-state index in [0.29, 0.717) is 5.92 Å². The summed E-state index contributed by atoms with van der Waals surface area (Å²) >= 11 is 0. The van der Waals surface area contributed by atoms with Crippen LogP contribution in [0.3, 0.4) is 0 Å². The van der Waals surface area contributed by atoms with Crippen LogP contribution < -0.4 is 0 Å². The Morgan fingerprint density at radius 2 is 1.71 bits per heavy atom. The average Bonchev–Trinajstić information content (AvgIpc) is 2.90. The third-order valence-corrected chi connectivity index (χ3v) is 2.79. The highest BCUT2D eigenvalue weighted by Gasteiger charge is 2.35. The summed E-state index contributed by atoms with van der Waals surface area (Å²) in [4.78, 5) is 20.2. The van der Waals surface area contributed by atoms with Crippen molar-refractivity contribution in [1.82, 2.24) is 0 Å². The van der Waals surface area contributed by atoms with Gasteiger partial charge >= 0.3 is 0 Å². The van der Waals surface area contributed by atoms with Gasteiger partial charge in [0.2, 0.25) is 6.29 Å². The van der Waals surface area contributed by atoms with E-state index in [0.717, 1.165) is 25.7 Å². The first-order valence-corrected chi connectivity index (χ1v) is 5.42. The van der Waals surface area contributed by atoms with Crippen LogP contribution in [0, 0.1) is 5.92 Å². The van der Waals surface area contributed by atoms with E-state index in [4.69, 9.17) is 14.7 Å². The molecule has 2 saturated carbocycles. The fourth-order valence-corrected chi connectivity index (χ4v) is 1.75. The van der Waals surface area contributed by atoms with Crippen molar-refractivity contribution in [2.75, 3.05) is 7.11 Å². The second-order valence-electron chi connectivity index (χ2n) is 4.07. The maximum Gasteiger partial charge on any atom is 0.227 e. The maximum absolute atomic E-state index is 5.31. The molecule has 1 atom stereocenters. The molecule has 2 aliphatic carbocycles. The van der Waals surface area contributed by atoms with Gasteiger partial charge in [0.15, 0.2) is 0 Å². The monoisotopic (exact) mass is 202 g/mol. The van der Waals surface area contributed by atoms with Crippen LogP contribution in [0.1, 0.15) is 38.5 Å². The topological polar surface area (TPSA) is 36.9 Å². The molecule has 0 spiro atoms. The fraction of sp³-hybridized carbons (Fsp3) is 1.00. The smallest absolute Gasteiger partial charge is 0.227 e. The van der Waals surface area contributed by atoms with Gasteiger partial charge in [-0.3, -0.25) is 0 Å². The molecule has 0 amide bonds. The summed E-state index contributed by atoms with van der Waals surface area (Å²) < 4.78 is 0. The summed E-state index contributed by atoms with van der Waals surface area (Å²) in [7, 11) is 1.49. The first-order chi connectivity index (χ1) is 6.90. The predicted octanol–water partition coefficient (Wildman–Crippen LogP) is 2.19. The Hall–Kier alpha value is -0.160. The Balaban J connectivity index is 1.65. The summed E-state index contributed by atoms with van der Waals surface area (Å²) in [6, 6.07) is 0. The summed E-state index contributed by atoms with van der Waals surface area (Å²) in [6.45, 7) is 0. The van der Waals surface area contributed by atoms with Crippen LogP contribution in [0.15, 0.2) is 0 Å². The molecule has 0 aliphatic heterocycles. The lowest BCUT2D eigenvalue weighted by Gasteiger charge is -2.16. The van der Waals surface area contributed by atoms with Crippen molar-refractivity contribution >= 4 is 0 Å². The van der Waals surface area contributed by atoms with E-state index >= 15 is 0 Å². The Kier molecular flexibility index (Phi) is 3.75. The van der Waals surface area contributed by atoms with Crippen LogP contribution in [0.25, 0.3) is 0 Å². The molecule has 0 aromatic rings. The zero-order chi connectivity index (χ0) is 9.80. The van der Waals surface area contributed by atoms with Gasteiger partial charge in [-0.05, 0) is 25.7 Å². The molecule has 0 heterocycles. The largest absolute Gasteiger partial charge is 0.237 e. The molecule has 0 aromatic carbocycles. The highest BCUT2D eigenvalue weighted by Crippen LogP contribution is 2.35. The maximum atomic E-state index is 5.31. The van der Waals surface area contributed by atoms with Gasteiger partial charge in [-0.2, -0.15) is 0 Å². The molecule has 2 fully saturated rings. The quantitative estimate of drug-likeness (QED) is 0.376. The second kappa shape index (κ2) is 5.07. The standard InChI is InChI=1S/C10H18O4/c1-11-13-10(8-6-7-8)14-12-9-4-2-3-5-9/h8-10H,2-7H2,1H3. The summed E-state index contributed by atoms with van der Waals surface area (Å²) in [5.74, 6) is 0.455. The van der Waals surface area contributed by atoms with Crippen molar-refractivity contribution in [3.63, 3.8) is 0 Å². The molecule has 0 N–H and O–H groups in total. The van der Waals surface area contributed by atoms with E-state index in [1.54, 1.807) is 0 Å². The van der Waals surface area contributed by atoms with Gasteiger partial charge in [0.25, 0.3) is 0 Å². The average molecular weight is 202 g/mol. The van der Waals surface area contributed by atoms with Crippen molar-refractivity contribution in [1.29, 1.82) is 0 Å². The normalized spacial score (nSPS) is 25.5. The van der Waals surface area contributed by atoms with Crippen molar-refractivity contribution in [2.45, 2.75) is 50.9 Å². The van der Waals surface area contributed by atoms with Crippen LogP contribution in [0.4, 0.5) is 0 Å². The van der Waals surface area contributed by atoms with Crippen LogP contribution in [0.2, 0.25) is 0 Å². The number of hydrogen-bond acceptors (Lipinski definition) is 4. The van der Waals surface area contributed by atoms with E-state index in [9.17, 15) is 0 Å². The molecule has 4 nitrogen and oxygen atoms in total. The summed E-state index contributed by atoms with van der Waals surface area (Å²) in [6.07, 6.45) is 6.90. The molecular formula is C10H18O4. The number of rotatable bonds is 6. The molecule has 0 radical (unpaired) electrons. The highest BCUT2D eigenvalue weighted by atomic mass is 17.3. The van der Waals surface area contributed by atoms with Crippen LogP contribution in [0.5, 0.6) is 0 Å². The Morgan fingerprint density at radius 1 is 1.00 bits per heavy atom. The third-order valence-electron chi connectivity index (χ3n) is 2.79. The highest BCUT2D eigenvalue weighted by molar-refractivity contribution is 4.75. The van der Waals surface area contributed by atoms with E-state index < -0.39 is 0 Å². The van der Waals surface area contributed by atoms with Gasteiger partial charge in [0.05, 0.1) is 13.2 Å². The first-order valence-electron chi connectivity index (χ1n) is 5.42. The SMILES string of the molecule is COOC(OOC1CCCC1)C1CC1. The zero-order valence-electron chi connectivity index (χ0n) is 8.61. The lowest BCUT2D eigenvalue weighted by Crippen LogP contribution is -2.22. The second-order valence-corrected chi connectivity index (χ2v) is 4.07. The van der Waals surface area contributed by atoms with Gasteiger partial charge in [-0.25, -0.2) is 19.6 Å². The molecule has 0 bridgehead atoms. The minimum absolute atomic E-state index is 0.261. The fourth-order valence-electron chi connectivity index (χ4n) is 1.75. The molecular weight excluding hydrogens is 184 g/mol. The summed E-state index contributed by atoms with van der Waals surface area (Å²) in [5, 5.41) is 0. The van der Waals surface area contributed by atoms with Gasteiger partial charge in [0.1, 0.15) is 0 Å². The molecule has 0 saturated heterocycles. The van der Waals surface area contributed by atoms with Crippen LogP contribution in [-0.4, -0.2) is 19.5 Å². The van der Waals surface area contributed by atoms with Gasteiger partial charge in [0, 0.05) is 5.92 Å². The Labute approximate surface area is 84.3 Å². The minimum Gasteiger partial charge on any atom is -0.237 e. The van der Waals surface area contributed by atoms with Gasteiger partial charge in [-0.15, -0.1) is 0 Å². The van der Waals surface area contributed by atoms with Crippen molar-refractivity contribution in [2.24, 2.45) is 5.92 Å². The van der Waals surface area contributed by atoms with Gasteiger partial charge in [-0.1, -0.05) is 12.8 Å². The summed E-state index contributed by atoms with van der Waals surface area (Å²) in [5.41, 5.74) is 0. The lowest BCUT2D eigenvalue weighted by atomic mass is 10.3. The van der Waals surface area contributed by atoms with E-state index in [-0.39, 0.29) is 12.4 Å². The predicted molar refractivity (Wildman–Crippen MR) is 49.0 cm³/mol. The zero-order valence-corrected chi connectivity index (χ0v) is 8.61. The van der Waals surface area contributed by atoms with E-state index in [2.05, 4.69) is 4.89 Å². The molecule has 1 unspecified atom stereocenters. The van der Waals surface area contributed by atoms with Crippen molar-refractivity contribution < 1.29 is 19.6 Å². The van der Waals surface area contributed by atoms with Crippen LogP contribution in [-0.2, 0) is 19.6 Å². The molecule has 2 rings (SSSR count). The lowest BCUT2D eigenvalue weighted by molar-refractivity contribution is -0.470. The van der Waals surface area contributed by atoms with Crippen LogP contribution >= 0.6 is 0 Å². The molecule has 14 heavy (non-hydrogen) atoms. The number of hydrogen-bond donors (Lipinski definition) is 0. The van der Waals surface area contributed by atoms with Gasteiger partial charge < -0.3 is 0 Å². The third kappa shape index (κ3) is 2.92. The van der Waals surface area contributed by atoms with Crippen molar-refractivity contribution in [3.8, 4) is 0 Å². The van der Waals surface area contributed by atoms with Crippen molar-refractivity contribution in [3.05, 3.63) is 0 Å². The molecule has 4 heteroatoms. The van der Waals surface area contributed by atoms with E-state index in [1.807, 2.05) is 0 Å². The first kappa shape index (κ1) is 10.4. The molecule has 82 valence electrons. The minimum atomic E-state index is -0.333. The Bertz CT molecular complexity index is 164. The van der Waals surface area contributed by atoms with E-state index in [1.165, 1.54) is 20.0 Å². The molecule has 2 aliphatic rings.